The molecular formula is C18H32O3. The molecule has 3 nitrogen and oxygen atoms in total. The summed E-state index contributed by atoms with van der Waals surface area (Å²) >= 11 is 0. The van der Waals surface area contributed by atoms with Crippen LogP contribution in [0.15, 0.2) is 0 Å². The van der Waals surface area contributed by atoms with Crippen molar-refractivity contribution in [1.29, 1.82) is 0 Å². The van der Waals surface area contributed by atoms with Gasteiger partial charge < -0.3 is 9.47 Å². The SMILES string of the molecule is CCCOC1CC2CCCCC2CC1C(=O)OC(C)(C)C. The van der Waals surface area contributed by atoms with Crippen LogP contribution in [0.3, 0.4) is 0 Å². The first kappa shape index (κ1) is 16.8. The van der Waals surface area contributed by atoms with E-state index >= 15 is 0 Å². The average molecular weight is 296 g/mol. The van der Waals surface area contributed by atoms with E-state index in [2.05, 4.69) is 6.92 Å². The lowest BCUT2D eigenvalue weighted by Crippen LogP contribution is -2.44. The van der Waals surface area contributed by atoms with Crippen LogP contribution in [0.5, 0.6) is 0 Å². The Morgan fingerprint density at radius 2 is 1.71 bits per heavy atom. The zero-order chi connectivity index (χ0) is 15.5. The van der Waals surface area contributed by atoms with E-state index in [4.69, 9.17) is 9.47 Å². The van der Waals surface area contributed by atoms with E-state index in [1.165, 1.54) is 25.7 Å². The molecule has 0 aromatic carbocycles. The summed E-state index contributed by atoms with van der Waals surface area (Å²) in [6, 6.07) is 0. The third kappa shape index (κ3) is 4.70. The molecule has 2 fully saturated rings. The number of carbonyl (C=O) groups excluding carboxylic acids is 1. The molecule has 0 spiro atoms. The Labute approximate surface area is 129 Å². The first-order chi connectivity index (χ1) is 9.90. The minimum absolute atomic E-state index is 0.0485. The number of carbonyl (C=O) groups is 1. The fourth-order valence-corrected chi connectivity index (χ4v) is 3.92. The number of hydrogen-bond acceptors (Lipinski definition) is 3. The van der Waals surface area contributed by atoms with Gasteiger partial charge in [0.1, 0.15) is 5.60 Å². The highest BCUT2D eigenvalue weighted by Gasteiger charge is 2.43. The molecule has 4 unspecified atom stereocenters. The summed E-state index contributed by atoms with van der Waals surface area (Å²) in [7, 11) is 0. The molecule has 4 atom stereocenters. The van der Waals surface area contributed by atoms with Crippen LogP contribution in [0.2, 0.25) is 0 Å². The van der Waals surface area contributed by atoms with Gasteiger partial charge in [0, 0.05) is 6.61 Å². The van der Waals surface area contributed by atoms with E-state index in [0.29, 0.717) is 5.92 Å². The van der Waals surface area contributed by atoms with Crippen LogP contribution in [-0.2, 0) is 14.3 Å². The van der Waals surface area contributed by atoms with Gasteiger partial charge in [0.25, 0.3) is 0 Å². The van der Waals surface area contributed by atoms with Crippen molar-refractivity contribution in [2.24, 2.45) is 17.8 Å². The third-order valence-corrected chi connectivity index (χ3v) is 4.85. The molecule has 0 radical (unpaired) electrons. The van der Waals surface area contributed by atoms with Crippen molar-refractivity contribution in [2.45, 2.75) is 84.3 Å². The van der Waals surface area contributed by atoms with Gasteiger partial charge >= 0.3 is 5.97 Å². The lowest BCUT2D eigenvalue weighted by molar-refractivity contribution is -0.171. The van der Waals surface area contributed by atoms with Crippen LogP contribution in [-0.4, -0.2) is 24.3 Å². The second kappa shape index (κ2) is 7.13. The second-order valence-electron chi connectivity index (χ2n) is 7.83. The van der Waals surface area contributed by atoms with Gasteiger partial charge in [-0.1, -0.05) is 32.6 Å². The lowest BCUT2D eigenvalue weighted by Gasteiger charge is -2.43. The zero-order valence-electron chi connectivity index (χ0n) is 14.2. The Hall–Kier alpha value is -0.570. The van der Waals surface area contributed by atoms with E-state index in [1.807, 2.05) is 20.8 Å². The highest BCUT2D eigenvalue weighted by molar-refractivity contribution is 5.73. The van der Waals surface area contributed by atoms with Crippen LogP contribution in [0.4, 0.5) is 0 Å². The van der Waals surface area contributed by atoms with Gasteiger partial charge in [0.15, 0.2) is 0 Å². The first-order valence-electron chi connectivity index (χ1n) is 8.75. The third-order valence-electron chi connectivity index (χ3n) is 4.85. The molecule has 0 saturated heterocycles. The summed E-state index contributed by atoms with van der Waals surface area (Å²) in [5, 5.41) is 0. The molecule has 3 heteroatoms. The van der Waals surface area contributed by atoms with Gasteiger partial charge in [0.2, 0.25) is 0 Å². The van der Waals surface area contributed by atoms with E-state index in [-0.39, 0.29) is 18.0 Å². The Morgan fingerprint density at radius 1 is 1.10 bits per heavy atom. The second-order valence-corrected chi connectivity index (χ2v) is 7.83. The van der Waals surface area contributed by atoms with Crippen LogP contribution < -0.4 is 0 Å². The molecule has 2 rings (SSSR count). The quantitative estimate of drug-likeness (QED) is 0.724. The van der Waals surface area contributed by atoms with Crippen LogP contribution in [0.25, 0.3) is 0 Å². The standard InChI is InChI=1S/C18H32O3/c1-5-10-20-16-12-14-9-7-6-8-13(14)11-15(16)17(19)21-18(2,3)4/h13-16H,5-12H2,1-4H3. The van der Waals surface area contributed by atoms with Crippen molar-refractivity contribution in [3.63, 3.8) is 0 Å². The van der Waals surface area contributed by atoms with Crippen LogP contribution in [0, 0.1) is 17.8 Å². The topological polar surface area (TPSA) is 35.5 Å². The molecule has 0 aromatic heterocycles. The van der Waals surface area contributed by atoms with Crippen molar-refractivity contribution >= 4 is 5.97 Å². The zero-order valence-corrected chi connectivity index (χ0v) is 14.2. The molecular weight excluding hydrogens is 264 g/mol. The minimum atomic E-state index is -0.407. The molecule has 122 valence electrons. The molecule has 0 amide bonds. The molecule has 0 aromatic rings. The predicted octanol–water partition coefficient (Wildman–Crippen LogP) is 4.34. The molecule has 2 aliphatic carbocycles. The minimum Gasteiger partial charge on any atom is -0.460 e. The maximum atomic E-state index is 12.6. The molecule has 0 bridgehead atoms. The number of fused-ring (bicyclic) bond motifs is 1. The van der Waals surface area contributed by atoms with E-state index in [0.717, 1.165) is 31.8 Å². The maximum absolute atomic E-state index is 12.6. The fourth-order valence-electron chi connectivity index (χ4n) is 3.92. The summed E-state index contributed by atoms with van der Waals surface area (Å²) in [6.45, 7) is 8.70. The maximum Gasteiger partial charge on any atom is 0.312 e. The van der Waals surface area contributed by atoms with E-state index in [1.54, 1.807) is 0 Å². The highest BCUT2D eigenvalue weighted by atomic mass is 16.6. The van der Waals surface area contributed by atoms with Gasteiger partial charge in [-0.25, -0.2) is 0 Å². The largest absolute Gasteiger partial charge is 0.460 e. The fraction of sp³-hybridized carbons (Fsp3) is 0.944. The van der Waals surface area contributed by atoms with Gasteiger partial charge in [0.05, 0.1) is 12.0 Å². The normalized spacial score (nSPS) is 33.3. The molecule has 0 heterocycles. The van der Waals surface area contributed by atoms with Gasteiger partial charge in [-0.2, -0.15) is 0 Å². The first-order valence-corrected chi connectivity index (χ1v) is 8.75. The van der Waals surface area contributed by atoms with Crippen LogP contribution in [0.1, 0.15) is 72.6 Å². The summed E-state index contributed by atoms with van der Waals surface area (Å²) in [5.74, 6) is 1.36. The van der Waals surface area contributed by atoms with Crippen molar-refractivity contribution < 1.29 is 14.3 Å². The summed E-state index contributed by atoms with van der Waals surface area (Å²) in [5.41, 5.74) is -0.407. The molecule has 21 heavy (non-hydrogen) atoms. The van der Waals surface area contributed by atoms with Crippen molar-refractivity contribution in [3.8, 4) is 0 Å². The number of esters is 1. The lowest BCUT2D eigenvalue weighted by atomic mass is 9.66. The van der Waals surface area contributed by atoms with Gasteiger partial charge in [-0.3, -0.25) is 4.79 Å². The number of ether oxygens (including phenoxy) is 2. The number of rotatable bonds is 4. The van der Waals surface area contributed by atoms with Gasteiger partial charge in [-0.05, 0) is 51.9 Å². The Kier molecular flexibility index (Phi) is 5.70. The summed E-state index contributed by atoms with van der Waals surface area (Å²) < 4.78 is 11.7. The molecule has 0 N–H and O–H groups in total. The van der Waals surface area contributed by atoms with E-state index in [9.17, 15) is 4.79 Å². The van der Waals surface area contributed by atoms with Crippen molar-refractivity contribution in [2.75, 3.05) is 6.61 Å². The average Bonchev–Trinajstić information content (AvgIpc) is 2.42. The number of hydrogen-bond donors (Lipinski definition) is 0. The summed E-state index contributed by atoms with van der Waals surface area (Å²) in [4.78, 5) is 12.6. The molecule has 2 aliphatic rings. The van der Waals surface area contributed by atoms with Crippen molar-refractivity contribution in [1.82, 2.24) is 0 Å². The highest BCUT2D eigenvalue weighted by Crippen LogP contribution is 2.44. The Morgan fingerprint density at radius 3 is 2.29 bits per heavy atom. The smallest absolute Gasteiger partial charge is 0.312 e. The van der Waals surface area contributed by atoms with E-state index < -0.39 is 5.60 Å². The predicted molar refractivity (Wildman–Crippen MR) is 84.0 cm³/mol. The monoisotopic (exact) mass is 296 g/mol. The Balaban J connectivity index is 2.04. The summed E-state index contributed by atoms with van der Waals surface area (Å²) in [6.07, 6.45) is 8.36. The molecule has 0 aliphatic heterocycles. The van der Waals surface area contributed by atoms with Crippen LogP contribution >= 0.6 is 0 Å². The van der Waals surface area contributed by atoms with Crippen molar-refractivity contribution in [3.05, 3.63) is 0 Å². The molecule has 2 saturated carbocycles. The Bertz CT molecular complexity index is 345. The van der Waals surface area contributed by atoms with Gasteiger partial charge in [-0.15, -0.1) is 0 Å².